The molecule has 0 fully saturated rings. The highest BCUT2D eigenvalue weighted by Gasteiger charge is 2.38. The van der Waals surface area contributed by atoms with Crippen LogP contribution in [0.2, 0.25) is 0 Å². The number of halogens is 1. The van der Waals surface area contributed by atoms with Crippen LogP contribution >= 0.6 is 15.9 Å². The van der Waals surface area contributed by atoms with E-state index in [1.165, 1.54) is 0 Å². The third-order valence-electron chi connectivity index (χ3n) is 4.83. The third kappa shape index (κ3) is 2.64. The van der Waals surface area contributed by atoms with E-state index in [4.69, 9.17) is 19.6 Å². The molecule has 6 nitrogen and oxygen atoms in total. The molecule has 0 aliphatic carbocycles. The van der Waals surface area contributed by atoms with Crippen molar-refractivity contribution in [3.63, 3.8) is 0 Å². The van der Waals surface area contributed by atoms with Gasteiger partial charge in [0, 0.05) is 28.6 Å². The van der Waals surface area contributed by atoms with E-state index >= 15 is 0 Å². The fraction of sp³-hybridized carbons (Fsp3) is 0.200. The lowest BCUT2D eigenvalue weighted by Crippen LogP contribution is -2.31. The predicted octanol–water partition coefficient (Wildman–Crippen LogP) is 4.59. The highest BCUT2D eigenvalue weighted by atomic mass is 79.9. The van der Waals surface area contributed by atoms with Crippen LogP contribution in [0.15, 0.2) is 41.0 Å². The zero-order valence-electron chi connectivity index (χ0n) is 14.7. The van der Waals surface area contributed by atoms with Gasteiger partial charge in [-0.15, -0.1) is 0 Å². The Morgan fingerprint density at radius 2 is 2.04 bits per heavy atom. The lowest BCUT2D eigenvalue weighted by molar-refractivity contribution is 0.352. The summed E-state index contributed by atoms with van der Waals surface area (Å²) < 4.78 is 17.3. The van der Waals surface area contributed by atoms with Gasteiger partial charge in [0.25, 0.3) is 0 Å². The van der Waals surface area contributed by atoms with E-state index in [1.54, 1.807) is 14.2 Å². The molecular weight excluding hydrogens is 410 g/mol. The van der Waals surface area contributed by atoms with Crippen LogP contribution in [-0.2, 0) is 0 Å². The molecule has 0 saturated heterocycles. The van der Waals surface area contributed by atoms with Gasteiger partial charge in [-0.1, -0.05) is 6.07 Å². The van der Waals surface area contributed by atoms with Gasteiger partial charge >= 0.3 is 0 Å². The van der Waals surface area contributed by atoms with E-state index in [0.29, 0.717) is 17.2 Å². The Morgan fingerprint density at radius 3 is 2.74 bits per heavy atom. The molecule has 0 spiro atoms. The molecule has 3 aromatic rings. The van der Waals surface area contributed by atoms with Crippen molar-refractivity contribution >= 4 is 32.7 Å². The molecule has 1 aliphatic heterocycles. The molecule has 2 N–H and O–H groups in total. The van der Waals surface area contributed by atoms with Crippen LogP contribution < -0.4 is 14.2 Å². The zero-order chi connectivity index (χ0) is 19.1. The second-order valence-corrected chi connectivity index (χ2v) is 7.07. The van der Waals surface area contributed by atoms with E-state index in [2.05, 4.69) is 27.0 Å². The Bertz CT molecular complexity index is 1100. The van der Waals surface area contributed by atoms with Crippen molar-refractivity contribution < 1.29 is 14.2 Å². The van der Waals surface area contributed by atoms with E-state index < -0.39 is 5.92 Å². The summed E-state index contributed by atoms with van der Waals surface area (Å²) in [6.45, 7) is 0. The Kier molecular flexibility index (Phi) is 4.28. The van der Waals surface area contributed by atoms with Crippen molar-refractivity contribution in [2.45, 2.75) is 5.92 Å². The highest BCUT2D eigenvalue weighted by molar-refractivity contribution is 9.10. The van der Waals surface area contributed by atoms with Gasteiger partial charge in [0.2, 0.25) is 5.90 Å². The third-order valence-corrected chi connectivity index (χ3v) is 5.42. The summed E-state index contributed by atoms with van der Waals surface area (Å²) in [5, 5.41) is 18.9. The van der Waals surface area contributed by atoms with Crippen LogP contribution in [0.1, 0.15) is 17.0 Å². The van der Waals surface area contributed by atoms with Crippen LogP contribution in [0.4, 0.5) is 0 Å². The quantitative estimate of drug-likeness (QED) is 0.641. The van der Waals surface area contributed by atoms with E-state index in [1.807, 2.05) is 36.5 Å². The Hall–Kier alpha value is -2.98. The number of ether oxygens (including phenoxy) is 3. The number of aromatic nitrogens is 1. The number of aromatic amines is 1. The SMILES string of the molecule is COc1cc(C2c3ccc4[nH]ccc4c3OC(=N)C2C#N)cc(Br)c1OC. The number of benzene rings is 2. The predicted molar refractivity (Wildman–Crippen MR) is 105 cm³/mol. The lowest BCUT2D eigenvalue weighted by atomic mass is 9.78. The minimum Gasteiger partial charge on any atom is -0.493 e. The fourth-order valence-corrected chi connectivity index (χ4v) is 4.23. The number of nitrogens with one attached hydrogen (secondary N) is 2. The second-order valence-electron chi connectivity index (χ2n) is 6.21. The van der Waals surface area contributed by atoms with Gasteiger partial charge < -0.3 is 19.2 Å². The molecule has 2 heterocycles. The Morgan fingerprint density at radius 1 is 1.22 bits per heavy atom. The second kappa shape index (κ2) is 6.63. The van der Waals surface area contributed by atoms with Crippen LogP contribution in [0.5, 0.6) is 17.2 Å². The van der Waals surface area contributed by atoms with Crippen molar-refractivity contribution in [2.24, 2.45) is 5.92 Å². The minimum atomic E-state index is -0.737. The first-order valence-corrected chi connectivity index (χ1v) is 9.05. The van der Waals surface area contributed by atoms with Crippen molar-refractivity contribution in [2.75, 3.05) is 14.2 Å². The first kappa shape index (κ1) is 17.4. The fourth-order valence-electron chi connectivity index (χ4n) is 3.61. The first-order valence-electron chi connectivity index (χ1n) is 8.26. The maximum Gasteiger partial charge on any atom is 0.205 e. The van der Waals surface area contributed by atoms with Gasteiger partial charge in [0.05, 0.1) is 24.8 Å². The minimum absolute atomic E-state index is 0.0605. The lowest BCUT2D eigenvalue weighted by Gasteiger charge is -2.31. The first-order chi connectivity index (χ1) is 13.1. The van der Waals surface area contributed by atoms with Crippen LogP contribution in [0.25, 0.3) is 10.9 Å². The highest BCUT2D eigenvalue weighted by Crippen LogP contribution is 2.48. The van der Waals surface area contributed by atoms with Crippen molar-refractivity contribution in [3.8, 4) is 23.3 Å². The summed E-state index contributed by atoms with van der Waals surface area (Å²) in [4.78, 5) is 3.15. The number of nitrogens with zero attached hydrogens (tertiary/aromatic N) is 1. The number of nitriles is 1. The molecule has 0 amide bonds. The molecule has 1 aromatic heterocycles. The van der Waals surface area contributed by atoms with Crippen molar-refractivity contribution in [3.05, 3.63) is 52.1 Å². The van der Waals surface area contributed by atoms with Crippen LogP contribution in [0.3, 0.4) is 0 Å². The molecule has 2 atom stereocenters. The average molecular weight is 426 g/mol. The van der Waals surface area contributed by atoms with Crippen molar-refractivity contribution in [1.29, 1.82) is 10.7 Å². The smallest absolute Gasteiger partial charge is 0.205 e. The van der Waals surface area contributed by atoms with Gasteiger partial charge in [-0.25, -0.2) is 0 Å². The maximum absolute atomic E-state index is 9.74. The number of hydrogen-bond acceptors (Lipinski definition) is 5. The molecule has 4 rings (SSSR count). The number of methoxy groups -OCH3 is 2. The molecule has 0 bridgehead atoms. The molecule has 2 unspecified atom stereocenters. The van der Waals surface area contributed by atoms with E-state index in [-0.39, 0.29) is 11.8 Å². The summed E-state index contributed by atoms with van der Waals surface area (Å²) >= 11 is 3.52. The normalized spacial score (nSPS) is 18.5. The topological polar surface area (TPSA) is 91.1 Å². The monoisotopic (exact) mass is 425 g/mol. The molecular formula is C20H16BrN3O3. The van der Waals surface area contributed by atoms with E-state index in [0.717, 1.165) is 26.5 Å². The molecule has 0 radical (unpaired) electrons. The van der Waals surface area contributed by atoms with E-state index in [9.17, 15) is 5.26 Å². The number of H-pyrrole nitrogens is 1. The molecule has 136 valence electrons. The summed E-state index contributed by atoms with van der Waals surface area (Å²) in [7, 11) is 3.14. The number of fused-ring (bicyclic) bond motifs is 3. The van der Waals surface area contributed by atoms with Crippen LogP contribution in [0, 0.1) is 22.7 Å². The van der Waals surface area contributed by atoms with Gasteiger partial charge in [0.1, 0.15) is 11.7 Å². The molecule has 7 heteroatoms. The maximum atomic E-state index is 9.74. The molecule has 2 aromatic carbocycles. The standard InChI is InChI=1S/C20H16BrN3O3/c1-25-16-8-10(7-14(21)19(16)26-2)17-12-3-4-15-11(5-6-24-15)18(12)27-20(23)13(17)9-22/h3-8,13,17,23-24H,1-2H3. The number of hydrogen-bond donors (Lipinski definition) is 2. The van der Waals surface area contributed by atoms with Gasteiger partial charge in [-0.2, -0.15) is 5.26 Å². The Labute approximate surface area is 164 Å². The van der Waals surface area contributed by atoms with Crippen molar-refractivity contribution in [1.82, 2.24) is 4.98 Å². The van der Waals surface area contributed by atoms with Crippen LogP contribution in [-0.4, -0.2) is 25.1 Å². The number of rotatable bonds is 3. The van der Waals surface area contributed by atoms with Gasteiger partial charge in [-0.05, 0) is 45.8 Å². The summed E-state index contributed by atoms with van der Waals surface area (Å²) in [6.07, 6.45) is 1.83. The molecule has 27 heavy (non-hydrogen) atoms. The zero-order valence-corrected chi connectivity index (χ0v) is 16.3. The summed E-state index contributed by atoms with van der Waals surface area (Å²) in [6, 6.07) is 11.8. The summed E-state index contributed by atoms with van der Waals surface area (Å²) in [5.41, 5.74) is 2.63. The van der Waals surface area contributed by atoms with Gasteiger partial charge in [0.15, 0.2) is 11.5 Å². The average Bonchev–Trinajstić information content (AvgIpc) is 3.15. The molecule has 0 saturated carbocycles. The molecule has 1 aliphatic rings. The largest absolute Gasteiger partial charge is 0.493 e. The Balaban J connectivity index is 1.97. The van der Waals surface area contributed by atoms with Gasteiger partial charge in [-0.3, -0.25) is 5.41 Å². The summed E-state index contributed by atoms with van der Waals surface area (Å²) in [5.74, 6) is 0.593.